The molecular weight excluding hydrogens is 310 g/mol. The van der Waals surface area contributed by atoms with Crippen LogP contribution in [0.2, 0.25) is 0 Å². The summed E-state index contributed by atoms with van der Waals surface area (Å²) in [5, 5.41) is 0. The topological polar surface area (TPSA) is 39.0 Å². The van der Waals surface area contributed by atoms with Gasteiger partial charge in [0.15, 0.2) is 5.52 Å². The molecule has 5 heteroatoms. The molecule has 0 atom stereocenters. The SMILES string of the molecule is c1ccc(-n2c3[n+](c4c2cn2cnccc42)Cc2ncccc2-3)cc1. The summed E-state index contributed by atoms with van der Waals surface area (Å²) in [4.78, 5) is 8.85. The van der Waals surface area contributed by atoms with Gasteiger partial charge in [0.1, 0.15) is 12.2 Å². The molecule has 1 aliphatic heterocycles. The normalized spacial score (nSPS) is 12.6. The quantitative estimate of drug-likeness (QED) is 0.436. The molecule has 0 unspecified atom stereocenters. The lowest BCUT2D eigenvalue weighted by Crippen LogP contribution is -2.31. The van der Waals surface area contributed by atoms with Gasteiger partial charge in [0.25, 0.3) is 5.82 Å². The maximum atomic E-state index is 4.60. The van der Waals surface area contributed by atoms with Crippen LogP contribution in [0.25, 0.3) is 33.6 Å². The third kappa shape index (κ3) is 1.59. The van der Waals surface area contributed by atoms with Gasteiger partial charge >= 0.3 is 0 Å². The maximum Gasteiger partial charge on any atom is 0.297 e. The Bertz CT molecular complexity index is 1260. The zero-order chi connectivity index (χ0) is 16.4. The van der Waals surface area contributed by atoms with E-state index in [0.29, 0.717) is 0 Å². The van der Waals surface area contributed by atoms with E-state index in [9.17, 15) is 0 Å². The molecular formula is C20H14N5+. The minimum absolute atomic E-state index is 0.795. The summed E-state index contributed by atoms with van der Waals surface area (Å²) in [6.45, 7) is 0.795. The highest BCUT2D eigenvalue weighted by Crippen LogP contribution is 2.34. The Balaban J connectivity index is 1.83. The number of rotatable bonds is 1. The molecule has 4 aromatic heterocycles. The number of aromatic nitrogens is 5. The maximum absolute atomic E-state index is 4.60. The highest BCUT2D eigenvalue weighted by atomic mass is 15.2. The molecule has 5 nitrogen and oxygen atoms in total. The molecule has 0 N–H and O–H groups in total. The third-order valence-electron chi connectivity index (χ3n) is 4.97. The van der Waals surface area contributed by atoms with Crippen molar-refractivity contribution in [1.82, 2.24) is 18.9 Å². The first-order valence-electron chi connectivity index (χ1n) is 8.30. The first-order valence-corrected chi connectivity index (χ1v) is 8.30. The zero-order valence-corrected chi connectivity index (χ0v) is 13.4. The monoisotopic (exact) mass is 324 g/mol. The second-order valence-corrected chi connectivity index (χ2v) is 6.31. The molecule has 0 saturated heterocycles. The molecule has 25 heavy (non-hydrogen) atoms. The third-order valence-corrected chi connectivity index (χ3v) is 4.97. The van der Waals surface area contributed by atoms with Gasteiger partial charge < -0.3 is 0 Å². The van der Waals surface area contributed by atoms with Crippen LogP contribution in [0.5, 0.6) is 0 Å². The lowest BCUT2D eigenvalue weighted by Gasteiger charge is -2.00. The Hall–Kier alpha value is -3.47. The van der Waals surface area contributed by atoms with Gasteiger partial charge in [-0.15, -0.1) is 0 Å². The van der Waals surface area contributed by atoms with Crippen molar-refractivity contribution in [2.75, 3.05) is 0 Å². The van der Waals surface area contributed by atoms with E-state index in [-0.39, 0.29) is 0 Å². The van der Waals surface area contributed by atoms with Gasteiger partial charge in [-0.1, -0.05) is 18.2 Å². The summed E-state index contributed by atoms with van der Waals surface area (Å²) in [7, 11) is 0. The molecule has 5 heterocycles. The fraction of sp³-hybridized carbons (Fsp3) is 0.0500. The number of benzene rings is 1. The average molecular weight is 324 g/mol. The molecule has 5 aromatic rings. The Kier molecular flexibility index (Phi) is 2.34. The Morgan fingerprint density at radius 3 is 2.76 bits per heavy atom. The molecule has 0 aliphatic carbocycles. The van der Waals surface area contributed by atoms with Gasteiger partial charge in [0.05, 0.1) is 29.3 Å². The van der Waals surface area contributed by atoms with Crippen molar-refractivity contribution in [2.24, 2.45) is 0 Å². The zero-order valence-electron chi connectivity index (χ0n) is 13.4. The van der Waals surface area contributed by atoms with E-state index < -0.39 is 0 Å². The van der Waals surface area contributed by atoms with E-state index in [1.807, 2.05) is 30.9 Å². The van der Waals surface area contributed by atoms with Crippen molar-refractivity contribution in [1.29, 1.82) is 0 Å². The number of fused-ring (bicyclic) bond motifs is 7. The van der Waals surface area contributed by atoms with E-state index in [0.717, 1.165) is 23.4 Å². The molecule has 0 spiro atoms. The van der Waals surface area contributed by atoms with Crippen LogP contribution >= 0.6 is 0 Å². The Labute approximate surface area is 143 Å². The molecule has 0 radical (unpaired) electrons. The second-order valence-electron chi connectivity index (χ2n) is 6.31. The van der Waals surface area contributed by atoms with Crippen molar-refractivity contribution in [3.05, 3.63) is 79.1 Å². The van der Waals surface area contributed by atoms with Crippen LogP contribution in [0.15, 0.2) is 73.4 Å². The number of nitrogens with zero attached hydrogens (tertiary/aromatic N) is 5. The highest BCUT2D eigenvalue weighted by molar-refractivity contribution is 5.92. The Morgan fingerprint density at radius 2 is 1.84 bits per heavy atom. The summed E-state index contributed by atoms with van der Waals surface area (Å²) in [6.07, 6.45) is 7.74. The van der Waals surface area contributed by atoms with E-state index in [1.165, 1.54) is 22.4 Å². The van der Waals surface area contributed by atoms with Crippen molar-refractivity contribution in [3.63, 3.8) is 0 Å². The van der Waals surface area contributed by atoms with E-state index in [2.05, 4.69) is 66.1 Å². The van der Waals surface area contributed by atoms with Gasteiger partial charge in [-0.05, 0) is 30.3 Å². The van der Waals surface area contributed by atoms with Crippen LogP contribution in [0, 0.1) is 0 Å². The second kappa shape index (κ2) is 4.54. The number of para-hydroxylation sites is 1. The molecule has 0 fully saturated rings. The average Bonchev–Trinajstić information content (AvgIpc) is 3.29. The van der Waals surface area contributed by atoms with Crippen molar-refractivity contribution >= 4 is 16.6 Å². The first kappa shape index (κ1) is 12.9. The van der Waals surface area contributed by atoms with Crippen molar-refractivity contribution < 1.29 is 4.57 Å². The molecule has 0 saturated carbocycles. The summed E-state index contributed by atoms with van der Waals surface area (Å²) < 4.78 is 6.79. The van der Waals surface area contributed by atoms with Crippen LogP contribution in [0.3, 0.4) is 0 Å². The highest BCUT2D eigenvalue weighted by Gasteiger charge is 2.37. The van der Waals surface area contributed by atoms with E-state index >= 15 is 0 Å². The summed E-state index contributed by atoms with van der Waals surface area (Å²) in [5.74, 6) is 1.19. The predicted molar refractivity (Wildman–Crippen MR) is 94.6 cm³/mol. The smallest absolute Gasteiger partial charge is 0.297 e. The van der Waals surface area contributed by atoms with Crippen LogP contribution < -0.4 is 4.57 Å². The van der Waals surface area contributed by atoms with Crippen molar-refractivity contribution in [2.45, 2.75) is 6.54 Å². The standard InChI is InChI=1S/C20H14N5/c1-2-5-14(6-3-1)25-18-12-23-13-21-10-8-17(23)19(18)24-11-16-15(20(24)25)7-4-9-22-16/h1-10,12-13H,11H2/q+1. The van der Waals surface area contributed by atoms with Gasteiger partial charge in [0, 0.05) is 12.4 Å². The van der Waals surface area contributed by atoms with Crippen LogP contribution in [0.1, 0.15) is 5.69 Å². The lowest BCUT2D eigenvalue weighted by molar-refractivity contribution is -0.645. The molecule has 0 amide bonds. The number of hydrogen-bond donors (Lipinski definition) is 0. The van der Waals surface area contributed by atoms with Gasteiger partial charge in [-0.2, -0.15) is 4.57 Å². The van der Waals surface area contributed by atoms with Gasteiger partial charge in [0.2, 0.25) is 5.52 Å². The van der Waals surface area contributed by atoms with E-state index in [1.54, 1.807) is 0 Å². The summed E-state index contributed by atoms with van der Waals surface area (Å²) in [5.41, 5.74) is 7.05. The van der Waals surface area contributed by atoms with Gasteiger partial charge in [-0.3, -0.25) is 9.38 Å². The molecule has 6 rings (SSSR count). The number of hydrogen-bond acceptors (Lipinski definition) is 2. The largest absolute Gasteiger partial charge is 0.299 e. The van der Waals surface area contributed by atoms with Crippen molar-refractivity contribution in [3.8, 4) is 17.1 Å². The van der Waals surface area contributed by atoms with Crippen LogP contribution in [-0.4, -0.2) is 18.9 Å². The molecule has 1 aromatic carbocycles. The van der Waals surface area contributed by atoms with Crippen LogP contribution in [-0.2, 0) is 6.54 Å². The lowest BCUT2D eigenvalue weighted by atomic mass is 10.2. The number of pyridine rings is 1. The molecule has 0 bridgehead atoms. The predicted octanol–water partition coefficient (Wildman–Crippen LogP) is 2.99. The van der Waals surface area contributed by atoms with Gasteiger partial charge in [-0.25, -0.2) is 9.55 Å². The fourth-order valence-electron chi connectivity index (χ4n) is 3.96. The number of imidazole rings is 1. The Morgan fingerprint density at radius 1 is 0.920 bits per heavy atom. The molecule has 1 aliphatic rings. The molecule has 118 valence electrons. The summed E-state index contributed by atoms with van der Waals surface area (Å²) >= 11 is 0. The minimum atomic E-state index is 0.795. The fourth-order valence-corrected chi connectivity index (χ4v) is 3.96. The first-order chi connectivity index (χ1) is 12.4. The van der Waals surface area contributed by atoms with Crippen LogP contribution in [0.4, 0.5) is 0 Å². The summed E-state index contributed by atoms with van der Waals surface area (Å²) in [6, 6.07) is 16.7. The minimum Gasteiger partial charge on any atom is -0.299 e. The van der Waals surface area contributed by atoms with E-state index in [4.69, 9.17) is 0 Å².